The molecule has 1 aromatic rings. The van der Waals surface area contributed by atoms with Gasteiger partial charge in [0.05, 0.1) is 0 Å². The van der Waals surface area contributed by atoms with Crippen LogP contribution in [0.25, 0.3) is 5.57 Å². The van der Waals surface area contributed by atoms with Gasteiger partial charge in [0.15, 0.2) is 0 Å². The van der Waals surface area contributed by atoms with Gasteiger partial charge in [-0.25, -0.2) is 0 Å². The second kappa shape index (κ2) is 2.96. The predicted octanol–water partition coefficient (Wildman–Crippen LogP) is 2.51. The van der Waals surface area contributed by atoms with Crippen molar-refractivity contribution in [2.45, 2.75) is 31.7 Å². The molecule has 1 unspecified atom stereocenters. The number of hydrogen-bond acceptors (Lipinski definition) is 1. The first-order valence-electron chi connectivity index (χ1n) is 5.39. The van der Waals surface area contributed by atoms with E-state index in [2.05, 4.69) is 24.3 Å². The molecule has 0 bridgehead atoms. The van der Waals surface area contributed by atoms with Crippen LogP contribution in [0.1, 0.15) is 30.4 Å². The van der Waals surface area contributed by atoms with E-state index >= 15 is 0 Å². The van der Waals surface area contributed by atoms with Gasteiger partial charge in [0, 0.05) is 6.04 Å². The maximum Gasteiger partial charge on any atom is 0.00795 e. The molecule has 0 aromatic heterocycles. The molecule has 0 radical (unpaired) electrons. The zero-order valence-corrected chi connectivity index (χ0v) is 8.29. The Labute approximate surface area is 84.6 Å². The van der Waals surface area contributed by atoms with E-state index in [0.717, 1.165) is 19.3 Å². The molecular formula is C13H15N. The summed E-state index contributed by atoms with van der Waals surface area (Å²) in [5, 5.41) is 0. The summed E-state index contributed by atoms with van der Waals surface area (Å²) in [5.74, 6) is 0. The zero-order valence-electron chi connectivity index (χ0n) is 8.29. The molecule has 0 spiro atoms. The second-order valence-electron chi connectivity index (χ2n) is 4.42. The SMILES string of the molecule is NC1CCC2=C(Cc3ccccc32)C1. The molecule has 1 nitrogen and oxygen atoms in total. The lowest BCUT2D eigenvalue weighted by Gasteiger charge is -2.20. The average molecular weight is 185 g/mol. The van der Waals surface area contributed by atoms with E-state index in [4.69, 9.17) is 5.73 Å². The van der Waals surface area contributed by atoms with E-state index in [1.54, 1.807) is 11.1 Å². The Bertz CT molecular complexity index is 403. The van der Waals surface area contributed by atoms with Gasteiger partial charge in [0.25, 0.3) is 0 Å². The van der Waals surface area contributed by atoms with E-state index < -0.39 is 0 Å². The maximum atomic E-state index is 5.99. The van der Waals surface area contributed by atoms with Gasteiger partial charge in [-0.3, -0.25) is 0 Å². The van der Waals surface area contributed by atoms with E-state index in [9.17, 15) is 0 Å². The highest BCUT2D eigenvalue weighted by atomic mass is 14.6. The topological polar surface area (TPSA) is 26.0 Å². The average Bonchev–Trinajstić information content (AvgIpc) is 2.54. The summed E-state index contributed by atoms with van der Waals surface area (Å²) in [5.41, 5.74) is 12.2. The molecule has 0 saturated heterocycles. The summed E-state index contributed by atoms with van der Waals surface area (Å²) >= 11 is 0. The minimum absolute atomic E-state index is 0.406. The largest absolute Gasteiger partial charge is 0.327 e. The van der Waals surface area contributed by atoms with Gasteiger partial charge in [0.1, 0.15) is 0 Å². The quantitative estimate of drug-likeness (QED) is 0.660. The Balaban J connectivity index is 2.05. The Morgan fingerprint density at radius 3 is 3.00 bits per heavy atom. The normalized spacial score (nSPS) is 24.8. The third-order valence-corrected chi connectivity index (χ3v) is 3.45. The Hall–Kier alpha value is -1.08. The molecule has 1 aromatic carbocycles. The van der Waals surface area contributed by atoms with Gasteiger partial charge in [-0.15, -0.1) is 0 Å². The van der Waals surface area contributed by atoms with Crippen LogP contribution in [0.15, 0.2) is 29.8 Å². The Morgan fingerprint density at radius 2 is 2.07 bits per heavy atom. The van der Waals surface area contributed by atoms with Gasteiger partial charge in [-0.05, 0) is 42.4 Å². The molecule has 1 heteroatoms. The second-order valence-corrected chi connectivity index (χ2v) is 4.42. The van der Waals surface area contributed by atoms with Gasteiger partial charge >= 0.3 is 0 Å². The van der Waals surface area contributed by atoms with Crippen molar-refractivity contribution in [2.24, 2.45) is 5.73 Å². The number of allylic oxidation sites excluding steroid dienone is 1. The maximum absolute atomic E-state index is 5.99. The predicted molar refractivity (Wildman–Crippen MR) is 58.9 cm³/mol. The number of fused-ring (bicyclic) bond motifs is 2. The number of benzene rings is 1. The molecule has 0 heterocycles. The summed E-state index contributed by atoms with van der Waals surface area (Å²) in [6, 6.07) is 9.19. The van der Waals surface area contributed by atoms with Crippen LogP contribution in [-0.2, 0) is 6.42 Å². The van der Waals surface area contributed by atoms with Crippen molar-refractivity contribution in [3.8, 4) is 0 Å². The summed E-state index contributed by atoms with van der Waals surface area (Å²) in [4.78, 5) is 0. The van der Waals surface area contributed by atoms with Crippen LogP contribution in [-0.4, -0.2) is 6.04 Å². The molecule has 14 heavy (non-hydrogen) atoms. The van der Waals surface area contributed by atoms with Crippen molar-refractivity contribution in [2.75, 3.05) is 0 Å². The van der Waals surface area contributed by atoms with Gasteiger partial charge in [-0.2, -0.15) is 0 Å². The fourth-order valence-electron chi connectivity index (χ4n) is 2.75. The molecule has 0 fully saturated rings. The summed E-state index contributed by atoms with van der Waals surface area (Å²) < 4.78 is 0. The highest BCUT2D eigenvalue weighted by molar-refractivity contribution is 5.77. The fourth-order valence-corrected chi connectivity index (χ4v) is 2.75. The smallest absolute Gasteiger partial charge is 0.00795 e. The van der Waals surface area contributed by atoms with E-state index in [1.807, 2.05) is 0 Å². The molecule has 2 aliphatic carbocycles. The molecule has 0 saturated carbocycles. The van der Waals surface area contributed by atoms with Crippen LogP contribution < -0.4 is 5.73 Å². The fraction of sp³-hybridized carbons (Fsp3) is 0.385. The molecule has 0 aliphatic heterocycles. The highest BCUT2D eigenvalue weighted by Crippen LogP contribution is 2.40. The van der Waals surface area contributed by atoms with E-state index in [1.165, 1.54) is 17.5 Å². The van der Waals surface area contributed by atoms with E-state index in [-0.39, 0.29) is 0 Å². The van der Waals surface area contributed by atoms with Crippen LogP contribution in [0.3, 0.4) is 0 Å². The van der Waals surface area contributed by atoms with Crippen LogP contribution in [0.5, 0.6) is 0 Å². The van der Waals surface area contributed by atoms with Gasteiger partial charge in [0.2, 0.25) is 0 Å². The van der Waals surface area contributed by atoms with Gasteiger partial charge in [-0.1, -0.05) is 29.8 Å². The molecule has 2 N–H and O–H groups in total. The summed E-state index contributed by atoms with van der Waals surface area (Å²) in [7, 11) is 0. The van der Waals surface area contributed by atoms with Crippen LogP contribution in [0, 0.1) is 0 Å². The highest BCUT2D eigenvalue weighted by Gasteiger charge is 2.25. The molecule has 72 valence electrons. The van der Waals surface area contributed by atoms with Crippen molar-refractivity contribution >= 4 is 5.57 Å². The number of nitrogens with two attached hydrogens (primary N) is 1. The van der Waals surface area contributed by atoms with Gasteiger partial charge < -0.3 is 5.73 Å². The van der Waals surface area contributed by atoms with Crippen molar-refractivity contribution in [3.63, 3.8) is 0 Å². The first-order chi connectivity index (χ1) is 6.84. The lowest BCUT2D eigenvalue weighted by molar-refractivity contribution is 0.593. The molecular weight excluding hydrogens is 170 g/mol. The first kappa shape index (κ1) is 8.25. The van der Waals surface area contributed by atoms with Crippen molar-refractivity contribution in [3.05, 3.63) is 41.0 Å². The van der Waals surface area contributed by atoms with Crippen LogP contribution in [0.4, 0.5) is 0 Å². The zero-order chi connectivity index (χ0) is 9.54. The van der Waals surface area contributed by atoms with E-state index in [0.29, 0.717) is 6.04 Å². The number of rotatable bonds is 0. The summed E-state index contributed by atoms with van der Waals surface area (Å²) in [6.07, 6.45) is 4.61. The first-order valence-corrected chi connectivity index (χ1v) is 5.39. The third-order valence-electron chi connectivity index (χ3n) is 3.45. The van der Waals surface area contributed by atoms with Crippen LogP contribution >= 0.6 is 0 Å². The van der Waals surface area contributed by atoms with Crippen molar-refractivity contribution in [1.82, 2.24) is 0 Å². The Morgan fingerprint density at radius 1 is 1.21 bits per heavy atom. The minimum atomic E-state index is 0.406. The monoisotopic (exact) mass is 185 g/mol. The Kier molecular flexibility index (Phi) is 1.74. The molecule has 1 atom stereocenters. The third kappa shape index (κ3) is 1.12. The lowest BCUT2D eigenvalue weighted by Crippen LogP contribution is -2.23. The van der Waals surface area contributed by atoms with Crippen LogP contribution in [0.2, 0.25) is 0 Å². The lowest BCUT2D eigenvalue weighted by atomic mass is 9.89. The van der Waals surface area contributed by atoms with Crippen molar-refractivity contribution in [1.29, 1.82) is 0 Å². The summed E-state index contributed by atoms with van der Waals surface area (Å²) in [6.45, 7) is 0. The standard InChI is InChI=1S/C13H15N/c14-11-5-6-13-10(8-11)7-9-3-1-2-4-12(9)13/h1-4,11H,5-8,14H2. The number of hydrogen-bond donors (Lipinski definition) is 1. The molecule has 2 aliphatic rings. The molecule has 3 rings (SSSR count). The van der Waals surface area contributed by atoms with Crippen molar-refractivity contribution < 1.29 is 0 Å². The minimum Gasteiger partial charge on any atom is -0.327 e. The molecule has 0 amide bonds.